The Morgan fingerprint density at radius 3 is 2.11 bits per heavy atom. The van der Waals surface area contributed by atoms with Crippen LogP contribution >= 0.6 is 0 Å². The van der Waals surface area contributed by atoms with Crippen molar-refractivity contribution in [1.82, 2.24) is 15.0 Å². The van der Waals surface area contributed by atoms with Gasteiger partial charge in [0.25, 0.3) is 5.91 Å². The van der Waals surface area contributed by atoms with E-state index in [0.29, 0.717) is 0 Å². The second-order valence-corrected chi connectivity index (χ2v) is 7.32. The highest BCUT2D eigenvalue weighted by Crippen LogP contribution is 2.14. The Morgan fingerprint density at radius 1 is 0.973 bits per heavy atom. The lowest BCUT2D eigenvalue weighted by atomic mass is 10.1. The number of hydrogen-bond acceptors (Lipinski definition) is 13. The third kappa shape index (κ3) is 12.1. The summed E-state index contributed by atoms with van der Waals surface area (Å²) in [6, 6.07) is 1.30. The van der Waals surface area contributed by atoms with E-state index in [0.717, 1.165) is 38.5 Å². The molecule has 1 rings (SSSR count). The van der Waals surface area contributed by atoms with Crippen LogP contribution in [0.5, 0.6) is 0 Å². The Balaban J connectivity index is 3.07. The van der Waals surface area contributed by atoms with Crippen molar-refractivity contribution in [2.45, 2.75) is 59.5 Å². The van der Waals surface area contributed by atoms with Gasteiger partial charge in [0.15, 0.2) is 18.3 Å². The summed E-state index contributed by atoms with van der Waals surface area (Å²) in [5.41, 5.74) is 1.27. The molecule has 0 radical (unpaired) electrons. The van der Waals surface area contributed by atoms with Crippen molar-refractivity contribution in [3.8, 4) is 0 Å². The number of aromatic nitrogens is 2. The fourth-order valence-corrected chi connectivity index (χ4v) is 2.70. The van der Waals surface area contributed by atoms with Gasteiger partial charge in [0, 0.05) is 40.8 Å². The minimum Gasteiger partial charge on any atom is -0.462 e. The third-order valence-corrected chi connectivity index (χ3v) is 3.97. The Hall–Kier alpha value is -4.63. The van der Waals surface area contributed by atoms with Crippen LogP contribution in [0, 0.1) is 0 Å². The molecule has 0 spiro atoms. The summed E-state index contributed by atoms with van der Waals surface area (Å²) < 4.78 is 21.1. The van der Waals surface area contributed by atoms with Gasteiger partial charge in [-0.1, -0.05) is 0 Å². The highest BCUT2D eigenvalue weighted by molar-refractivity contribution is 5.87. The highest BCUT2D eigenvalue weighted by Gasteiger charge is 2.37. The van der Waals surface area contributed by atoms with Gasteiger partial charge in [-0.25, -0.2) is 10.2 Å². The van der Waals surface area contributed by atoms with Gasteiger partial charge in [0.2, 0.25) is 5.91 Å². The molecule has 0 aromatic carbocycles. The Bertz CT molecular complexity index is 1110. The fourth-order valence-electron chi connectivity index (χ4n) is 2.70. The molecule has 37 heavy (non-hydrogen) atoms. The van der Waals surface area contributed by atoms with Gasteiger partial charge in [-0.2, -0.15) is 10.1 Å². The first-order chi connectivity index (χ1) is 17.3. The van der Waals surface area contributed by atoms with Gasteiger partial charge in [-0.15, -0.1) is 0 Å². The lowest BCUT2D eigenvalue weighted by Crippen LogP contribution is -2.48. The van der Waals surface area contributed by atoms with E-state index in [1.807, 2.05) is 0 Å². The van der Waals surface area contributed by atoms with Gasteiger partial charge in [-0.3, -0.25) is 33.3 Å². The fraction of sp³-hybridized carbons (Fsp3) is 0.476. The summed E-state index contributed by atoms with van der Waals surface area (Å²) in [7, 11) is 0. The normalized spacial score (nSPS) is 13.0. The number of carbonyl (C=O) groups is 6. The van der Waals surface area contributed by atoms with E-state index in [9.17, 15) is 33.6 Å². The molecular weight excluding hydrogens is 498 g/mol. The van der Waals surface area contributed by atoms with Gasteiger partial charge in [-0.05, 0) is 6.07 Å². The summed E-state index contributed by atoms with van der Waals surface area (Å²) >= 11 is 0. The first-order valence-corrected chi connectivity index (χ1v) is 10.6. The average molecular weight is 525 g/mol. The molecule has 1 heterocycles. The molecule has 202 valence electrons. The summed E-state index contributed by atoms with van der Waals surface area (Å²) in [5.74, 6) is -4.46. The predicted octanol–water partition coefficient (Wildman–Crippen LogP) is -1.34. The topological polar surface area (TPSA) is 211 Å². The molecule has 0 saturated carbocycles. The number of ether oxygens (including phenoxy) is 4. The summed E-state index contributed by atoms with van der Waals surface area (Å²) in [6.45, 7) is 4.41. The second-order valence-electron chi connectivity index (χ2n) is 7.32. The molecule has 1 aromatic rings. The first-order valence-electron chi connectivity index (χ1n) is 10.6. The molecule has 0 aliphatic rings. The van der Waals surface area contributed by atoms with Crippen LogP contribution in [-0.2, 0) is 54.3 Å². The molecule has 0 saturated heterocycles. The van der Waals surface area contributed by atoms with E-state index in [4.69, 9.17) is 18.9 Å². The van der Waals surface area contributed by atoms with Crippen molar-refractivity contribution in [2.24, 2.45) is 5.10 Å². The molecule has 1 aromatic heterocycles. The van der Waals surface area contributed by atoms with E-state index in [2.05, 4.69) is 20.8 Å². The first kappa shape index (κ1) is 30.4. The number of carbonyl (C=O) groups excluding carboxylic acids is 6. The molecular formula is C21H27N5O11. The van der Waals surface area contributed by atoms with Crippen molar-refractivity contribution >= 4 is 47.7 Å². The van der Waals surface area contributed by atoms with Crippen LogP contribution < -0.4 is 16.4 Å². The number of amides is 2. The lowest BCUT2D eigenvalue weighted by Gasteiger charge is -2.29. The largest absolute Gasteiger partial charge is 0.462 e. The van der Waals surface area contributed by atoms with Crippen molar-refractivity contribution in [3.05, 3.63) is 22.7 Å². The van der Waals surface area contributed by atoms with Crippen LogP contribution in [-0.4, -0.2) is 76.4 Å². The van der Waals surface area contributed by atoms with Crippen molar-refractivity contribution < 1.29 is 47.7 Å². The standard InChI is InChI=1S/C21H27N5O11/c1-11(27)23-18-6-7-26(21(33)24-18)9-19(32)25-22-8-16(35-13(3)29)20(37-15(5)31)17(36-14(4)30)10-34-12(2)28/h6-8,16-17,20H,9-10H2,1-5H3,(H,25,32)(H,23,24,27,33)/b22-8+/t16-,17+,20-/m0/s1. The second kappa shape index (κ2) is 14.7. The predicted molar refractivity (Wildman–Crippen MR) is 123 cm³/mol. The van der Waals surface area contributed by atoms with Crippen LogP contribution in [0.3, 0.4) is 0 Å². The molecule has 0 unspecified atom stereocenters. The van der Waals surface area contributed by atoms with E-state index < -0.39 is 72.8 Å². The average Bonchev–Trinajstić information content (AvgIpc) is 2.75. The van der Waals surface area contributed by atoms with Gasteiger partial charge < -0.3 is 24.3 Å². The van der Waals surface area contributed by atoms with Crippen molar-refractivity contribution in [3.63, 3.8) is 0 Å². The quantitative estimate of drug-likeness (QED) is 0.141. The van der Waals surface area contributed by atoms with Crippen LogP contribution in [0.15, 0.2) is 22.2 Å². The van der Waals surface area contributed by atoms with Gasteiger partial charge in [0.05, 0.1) is 6.21 Å². The van der Waals surface area contributed by atoms with Gasteiger partial charge >= 0.3 is 29.6 Å². The number of esters is 4. The number of hydrazone groups is 1. The molecule has 2 amide bonds. The summed E-state index contributed by atoms with van der Waals surface area (Å²) in [5, 5.41) is 5.98. The Kier molecular flexibility index (Phi) is 12.1. The highest BCUT2D eigenvalue weighted by atomic mass is 16.6. The minimum atomic E-state index is -1.52. The lowest BCUT2D eigenvalue weighted by molar-refractivity contribution is -0.183. The molecule has 0 aliphatic carbocycles. The maximum absolute atomic E-state index is 12.2. The number of rotatable bonds is 12. The zero-order valence-corrected chi connectivity index (χ0v) is 20.7. The maximum Gasteiger partial charge on any atom is 0.349 e. The molecule has 0 bridgehead atoms. The summed E-state index contributed by atoms with van der Waals surface area (Å²) in [4.78, 5) is 85.0. The monoisotopic (exact) mass is 525 g/mol. The van der Waals surface area contributed by atoms with E-state index in [1.54, 1.807) is 0 Å². The molecule has 2 N–H and O–H groups in total. The number of hydrogen-bond donors (Lipinski definition) is 2. The third-order valence-electron chi connectivity index (χ3n) is 3.97. The summed E-state index contributed by atoms with van der Waals surface area (Å²) in [6.07, 6.45) is -2.30. The van der Waals surface area contributed by atoms with Crippen LogP contribution in [0.2, 0.25) is 0 Å². The minimum absolute atomic E-state index is 0.00371. The van der Waals surface area contributed by atoms with Crippen molar-refractivity contribution in [1.29, 1.82) is 0 Å². The maximum atomic E-state index is 12.2. The smallest absolute Gasteiger partial charge is 0.349 e. The zero-order chi connectivity index (χ0) is 28.1. The molecule has 0 fully saturated rings. The van der Waals surface area contributed by atoms with E-state index >= 15 is 0 Å². The number of anilines is 1. The van der Waals surface area contributed by atoms with Crippen LogP contribution in [0.1, 0.15) is 34.6 Å². The van der Waals surface area contributed by atoms with Crippen LogP contribution in [0.25, 0.3) is 0 Å². The zero-order valence-electron chi connectivity index (χ0n) is 20.7. The van der Waals surface area contributed by atoms with E-state index in [-0.39, 0.29) is 5.82 Å². The van der Waals surface area contributed by atoms with Crippen molar-refractivity contribution in [2.75, 3.05) is 11.9 Å². The van der Waals surface area contributed by atoms with E-state index in [1.165, 1.54) is 19.2 Å². The molecule has 16 nitrogen and oxygen atoms in total. The SMILES string of the molecule is CC(=O)Nc1ccn(CC(=O)N/N=C/[C@H](OC(C)=O)[C@H](OC(C)=O)[C@@H](COC(C)=O)OC(C)=O)c(=O)n1. The molecule has 16 heteroatoms. The number of nitrogens with zero attached hydrogens (tertiary/aromatic N) is 3. The Labute approximate surface area is 210 Å². The molecule has 0 aliphatic heterocycles. The van der Waals surface area contributed by atoms with Crippen LogP contribution in [0.4, 0.5) is 5.82 Å². The molecule has 3 atom stereocenters. The Morgan fingerprint density at radius 2 is 1.59 bits per heavy atom. The number of nitrogens with one attached hydrogen (secondary N) is 2. The van der Waals surface area contributed by atoms with Gasteiger partial charge in [0.1, 0.15) is 19.0 Å².